The number of likely N-dealkylation sites (tertiary alicyclic amines) is 1. The van der Waals surface area contributed by atoms with Gasteiger partial charge < -0.3 is 19.9 Å². The quantitative estimate of drug-likeness (QED) is 0.182. The van der Waals surface area contributed by atoms with Crippen LogP contribution in [0.3, 0.4) is 0 Å². The lowest BCUT2D eigenvalue weighted by molar-refractivity contribution is -0.136. The Kier molecular flexibility index (Phi) is 10.2. The van der Waals surface area contributed by atoms with E-state index < -0.39 is 74.0 Å². The van der Waals surface area contributed by atoms with Crippen molar-refractivity contribution >= 4 is 61.8 Å². The molecule has 0 bridgehead atoms. The molecule has 0 radical (unpaired) electrons. The number of pyridine rings is 1. The zero-order valence-corrected chi connectivity index (χ0v) is 31.3. The van der Waals surface area contributed by atoms with Gasteiger partial charge in [0.1, 0.15) is 23.4 Å². The SMILES string of the molecule is C=C[C@@H]1C[C@@]1(C(=O)NS(=O)(=O)C1CC1)N1CC(Oc2ncc(OC)c3ccc(Cl)cc23)C[C@H]1C(=O)NC(=O)[C@H](Nc1ccc(C(=O)O)cc1)C(C)(C)C. The monoisotopic (exact) mass is 767 g/mol. The van der Waals surface area contributed by atoms with Crippen molar-refractivity contribution in [2.75, 3.05) is 19.0 Å². The second-order valence-electron chi connectivity index (χ2n) is 14.8. The van der Waals surface area contributed by atoms with Crippen molar-refractivity contribution in [2.24, 2.45) is 11.3 Å². The topological polar surface area (TPSA) is 193 Å². The number of fused-ring (bicyclic) bond motifs is 1. The maximum atomic E-state index is 14.3. The smallest absolute Gasteiger partial charge is 0.335 e. The molecule has 1 aromatic heterocycles. The van der Waals surface area contributed by atoms with Crippen LogP contribution in [0.5, 0.6) is 11.6 Å². The minimum Gasteiger partial charge on any atom is -0.494 e. The van der Waals surface area contributed by atoms with E-state index in [-0.39, 0.29) is 30.8 Å². The highest BCUT2D eigenvalue weighted by Crippen LogP contribution is 2.53. The van der Waals surface area contributed by atoms with Crippen molar-refractivity contribution in [1.29, 1.82) is 0 Å². The predicted octanol–water partition coefficient (Wildman–Crippen LogP) is 4.14. The van der Waals surface area contributed by atoms with Crippen LogP contribution in [0.15, 0.2) is 61.3 Å². The van der Waals surface area contributed by atoms with Crippen molar-refractivity contribution in [2.45, 2.75) is 75.4 Å². The number of aromatic carboxylic acids is 1. The molecule has 2 heterocycles. The summed E-state index contributed by atoms with van der Waals surface area (Å²) < 4.78 is 40.0. The number of carboxylic acid groups (broad SMARTS) is 1. The summed E-state index contributed by atoms with van der Waals surface area (Å²) in [6, 6.07) is 8.96. The van der Waals surface area contributed by atoms with Gasteiger partial charge in [0.25, 0.3) is 5.91 Å². The summed E-state index contributed by atoms with van der Waals surface area (Å²) in [5.41, 5.74) is -1.63. The van der Waals surface area contributed by atoms with Gasteiger partial charge in [-0.3, -0.25) is 29.3 Å². The molecule has 3 amide bonds. The number of ether oxygens (including phenoxy) is 2. The van der Waals surface area contributed by atoms with Crippen LogP contribution in [-0.4, -0.2) is 89.7 Å². The fourth-order valence-electron chi connectivity index (χ4n) is 6.94. The van der Waals surface area contributed by atoms with Gasteiger partial charge >= 0.3 is 5.97 Å². The molecule has 1 aliphatic heterocycles. The first-order valence-corrected chi connectivity index (χ1v) is 19.1. The van der Waals surface area contributed by atoms with Gasteiger partial charge in [-0.05, 0) is 67.1 Å². The van der Waals surface area contributed by atoms with Gasteiger partial charge in [-0.15, -0.1) is 6.58 Å². The van der Waals surface area contributed by atoms with E-state index in [1.54, 1.807) is 29.2 Å². The third-order valence-electron chi connectivity index (χ3n) is 10.0. The fourth-order valence-corrected chi connectivity index (χ4v) is 8.47. The van der Waals surface area contributed by atoms with Crippen LogP contribution < -0.4 is 24.8 Å². The van der Waals surface area contributed by atoms with Crippen LogP contribution in [0.2, 0.25) is 5.02 Å². The number of carbonyl (C=O) groups is 4. The van der Waals surface area contributed by atoms with E-state index in [9.17, 15) is 32.7 Å². The number of sulfonamides is 1. The number of imide groups is 1. The third-order valence-corrected chi connectivity index (χ3v) is 12.1. The predicted molar refractivity (Wildman–Crippen MR) is 197 cm³/mol. The standard InChI is InChI=1S/C37H42ClN5O9S/c1-6-21-17-37(21,35(48)42-53(49,50)25-12-13-25)43-19-24(52-33-27-15-22(38)9-14-26(27)29(51-5)18-39-33)16-28(43)31(44)41-32(45)30(36(2,3)4)40-23-10-7-20(8-11-23)34(46)47/h6-11,14-15,18,21,24-25,28,30,40H,1,12-13,16-17,19H2,2-5H3,(H,42,48)(H,46,47)(H,41,44,45)/t21-,24?,28+,30+,37-/m1/s1. The highest BCUT2D eigenvalue weighted by molar-refractivity contribution is 7.91. The van der Waals surface area contributed by atoms with Crippen molar-refractivity contribution in [3.8, 4) is 11.6 Å². The number of carbonyl (C=O) groups excluding carboxylic acids is 3. The first-order valence-electron chi connectivity index (χ1n) is 17.2. The largest absolute Gasteiger partial charge is 0.494 e. The Bertz CT molecular complexity index is 2080. The Hall–Kier alpha value is -4.73. The number of methoxy groups -OCH3 is 1. The summed E-state index contributed by atoms with van der Waals surface area (Å²) in [4.78, 5) is 59.5. The van der Waals surface area contributed by atoms with E-state index >= 15 is 0 Å². The summed E-state index contributed by atoms with van der Waals surface area (Å²) in [5, 5.41) is 16.0. The average Bonchev–Trinajstić information content (AvgIpc) is 4.03. The van der Waals surface area contributed by atoms with Gasteiger partial charge in [0, 0.05) is 40.4 Å². The minimum absolute atomic E-state index is 0.0140. The number of amides is 3. The summed E-state index contributed by atoms with van der Waals surface area (Å²) >= 11 is 6.33. The first-order chi connectivity index (χ1) is 25.0. The molecule has 3 fully saturated rings. The summed E-state index contributed by atoms with van der Waals surface area (Å²) in [6.07, 6.45) is 3.46. The van der Waals surface area contributed by atoms with Crippen LogP contribution in [-0.2, 0) is 24.4 Å². The van der Waals surface area contributed by atoms with Crippen LogP contribution in [0.25, 0.3) is 10.8 Å². The summed E-state index contributed by atoms with van der Waals surface area (Å²) in [6.45, 7) is 9.31. The van der Waals surface area contributed by atoms with E-state index in [4.69, 9.17) is 21.1 Å². The number of carboxylic acids is 1. The summed E-state index contributed by atoms with van der Waals surface area (Å²) in [5.74, 6) is -3.01. The minimum atomic E-state index is -3.93. The molecule has 1 unspecified atom stereocenters. The van der Waals surface area contributed by atoms with Crippen LogP contribution >= 0.6 is 11.6 Å². The maximum Gasteiger partial charge on any atom is 0.335 e. The Morgan fingerprint density at radius 3 is 2.40 bits per heavy atom. The second kappa shape index (κ2) is 14.3. The number of anilines is 1. The molecule has 0 spiro atoms. The van der Waals surface area contributed by atoms with Crippen molar-refractivity contribution in [1.82, 2.24) is 19.9 Å². The number of benzene rings is 2. The lowest BCUT2D eigenvalue weighted by Gasteiger charge is -2.34. The van der Waals surface area contributed by atoms with Crippen molar-refractivity contribution in [3.63, 3.8) is 0 Å². The molecule has 3 aliphatic rings. The van der Waals surface area contributed by atoms with Gasteiger partial charge in [0.15, 0.2) is 0 Å². The van der Waals surface area contributed by atoms with Crippen molar-refractivity contribution < 1.29 is 42.2 Å². The number of hydrogen-bond donors (Lipinski definition) is 4. The normalized spacial score (nSPS) is 23.5. The van der Waals surface area contributed by atoms with Gasteiger partial charge in [-0.25, -0.2) is 18.2 Å². The van der Waals surface area contributed by atoms with E-state index in [0.717, 1.165) is 0 Å². The molecule has 5 atom stereocenters. The molecule has 3 aromatic rings. The van der Waals surface area contributed by atoms with Crippen LogP contribution in [0, 0.1) is 11.3 Å². The number of aromatic nitrogens is 1. The Labute approximate surface area is 312 Å². The number of nitrogens with zero attached hydrogens (tertiary/aromatic N) is 2. The van der Waals surface area contributed by atoms with Gasteiger partial charge in [-0.2, -0.15) is 0 Å². The highest BCUT2D eigenvalue weighted by atomic mass is 35.5. The molecular weight excluding hydrogens is 726 g/mol. The lowest BCUT2D eigenvalue weighted by atomic mass is 9.85. The van der Waals surface area contributed by atoms with Crippen LogP contribution in [0.1, 0.15) is 56.8 Å². The Morgan fingerprint density at radius 2 is 1.81 bits per heavy atom. The Morgan fingerprint density at radius 1 is 1.11 bits per heavy atom. The molecule has 6 rings (SSSR count). The highest BCUT2D eigenvalue weighted by Gasteiger charge is 2.67. The average molecular weight is 768 g/mol. The van der Waals surface area contributed by atoms with E-state index in [1.807, 2.05) is 20.8 Å². The van der Waals surface area contributed by atoms with Gasteiger partial charge in [0.2, 0.25) is 27.7 Å². The van der Waals surface area contributed by atoms with Crippen LogP contribution in [0.4, 0.5) is 5.69 Å². The lowest BCUT2D eigenvalue weighted by Crippen LogP contribution is -2.59. The third kappa shape index (κ3) is 7.69. The number of nitrogens with one attached hydrogen (secondary N) is 3. The molecule has 282 valence electrons. The van der Waals surface area contributed by atoms with Gasteiger partial charge in [-0.1, -0.05) is 38.4 Å². The molecule has 2 aromatic carbocycles. The van der Waals surface area contributed by atoms with Crippen molar-refractivity contribution in [3.05, 3.63) is 71.9 Å². The van der Waals surface area contributed by atoms with E-state index in [0.29, 0.717) is 40.1 Å². The molecule has 4 N–H and O–H groups in total. The first kappa shape index (κ1) is 38.0. The van der Waals surface area contributed by atoms with E-state index in [2.05, 4.69) is 26.9 Å². The molecule has 16 heteroatoms. The maximum absolute atomic E-state index is 14.3. The zero-order valence-electron chi connectivity index (χ0n) is 29.7. The fraction of sp³-hybridized carbons (Fsp3) is 0.432. The number of halogens is 1. The molecule has 14 nitrogen and oxygen atoms in total. The molecule has 1 saturated heterocycles. The zero-order chi connectivity index (χ0) is 38.5. The molecule has 2 aliphatic carbocycles. The number of rotatable bonds is 13. The molecule has 53 heavy (non-hydrogen) atoms. The molecular formula is C37H42ClN5O9S. The van der Waals surface area contributed by atoms with Gasteiger partial charge in [0.05, 0.1) is 30.2 Å². The summed E-state index contributed by atoms with van der Waals surface area (Å²) in [7, 11) is -2.42. The number of hydrogen-bond acceptors (Lipinski definition) is 11. The van der Waals surface area contributed by atoms with E-state index in [1.165, 1.54) is 37.6 Å². The Balaban J connectivity index is 1.30. The molecule has 2 saturated carbocycles. The second-order valence-corrected chi connectivity index (χ2v) is 17.2.